The Bertz CT molecular complexity index is 542. The van der Waals surface area contributed by atoms with E-state index in [1.165, 1.54) is 4.90 Å². The Morgan fingerprint density at radius 1 is 1.48 bits per heavy atom. The van der Waals surface area contributed by atoms with Crippen LogP contribution in [0, 0.1) is 5.92 Å². The molecule has 1 aliphatic heterocycles. The molecule has 0 fully saturated rings. The molecule has 0 spiro atoms. The Balaban J connectivity index is 2.13. The van der Waals surface area contributed by atoms with Gasteiger partial charge < -0.3 is 15.2 Å². The van der Waals surface area contributed by atoms with E-state index in [4.69, 9.17) is 15.2 Å². The molecule has 0 saturated heterocycles. The van der Waals surface area contributed by atoms with Gasteiger partial charge in [0.25, 0.3) is 5.91 Å². The third kappa shape index (κ3) is 3.72. The molecule has 1 amide bonds. The number of anilines is 1. The predicted molar refractivity (Wildman–Crippen MR) is 78.0 cm³/mol. The van der Waals surface area contributed by atoms with Crippen LogP contribution in [-0.2, 0) is 20.9 Å². The molecule has 1 aliphatic rings. The first-order valence-electron chi connectivity index (χ1n) is 6.93. The molecular formula is C15H20N2O4. The van der Waals surface area contributed by atoms with Crippen LogP contribution in [0.1, 0.15) is 19.4 Å². The van der Waals surface area contributed by atoms with E-state index in [1.807, 2.05) is 19.9 Å². The first-order chi connectivity index (χ1) is 10.0. The van der Waals surface area contributed by atoms with E-state index in [1.54, 1.807) is 12.1 Å². The highest BCUT2D eigenvalue weighted by molar-refractivity contribution is 6.01. The van der Waals surface area contributed by atoms with Gasteiger partial charge in [-0.2, -0.15) is 0 Å². The van der Waals surface area contributed by atoms with E-state index >= 15 is 0 Å². The third-order valence-electron chi connectivity index (χ3n) is 3.07. The van der Waals surface area contributed by atoms with Crippen LogP contribution in [0.5, 0.6) is 5.75 Å². The highest BCUT2D eigenvalue weighted by Crippen LogP contribution is 2.32. The van der Waals surface area contributed by atoms with Gasteiger partial charge >= 0.3 is 5.97 Å². The lowest BCUT2D eigenvalue weighted by atomic mass is 10.1. The van der Waals surface area contributed by atoms with Crippen LogP contribution >= 0.6 is 0 Å². The Kier molecular flexibility index (Phi) is 4.80. The minimum Gasteiger partial charge on any atom is -0.482 e. The number of hydrogen-bond acceptors (Lipinski definition) is 5. The Morgan fingerprint density at radius 2 is 2.24 bits per heavy atom. The van der Waals surface area contributed by atoms with Gasteiger partial charge in [0.2, 0.25) is 0 Å². The number of amides is 1. The molecule has 0 aliphatic carbocycles. The molecule has 6 heteroatoms. The minimum atomic E-state index is -0.423. The van der Waals surface area contributed by atoms with Crippen LogP contribution in [-0.4, -0.2) is 31.6 Å². The van der Waals surface area contributed by atoms with Crippen LogP contribution in [0.25, 0.3) is 0 Å². The fourth-order valence-electron chi connectivity index (χ4n) is 1.98. The summed E-state index contributed by atoms with van der Waals surface area (Å²) >= 11 is 0. The molecule has 1 heterocycles. The van der Waals surface area contributed by atoms with Crippen LogP contribution < -0.4 is 15.4 Å². The van der Waals surface area contributed by atoms with Crippen LogP contribution in [0.4, 0.5) is 5.69 Å². The number of nitrogens with zero attached hydrogens (tertiary/aromatic N) is 1. The lowest BCUT2D eigenvalue weighted by molar-refractivity contribution is -0.144. The van der Waals surface area contributed by atoms with E-state index < -0.39 is 5.97 Å². The van der Waals surface area contributed by atoms with Crippen molar-refractivity contribution in [2.75, 3.05) is 24.7 Å². The summed E-state index contributed by atoms with van der Waals surface area (Å²) < 4.78 is 10.5. The maximum Gasteiger partial charge on any atom is 0.326 e. The molecule has 0 radical (unpaired) electrons. The molecule has 0 atom stereocenters. The van der Waals surface area contributed by atoms with E-state index in [9.17, 15) is 9.59 Å². The lowest BCUT2D eigenvalue weighted by Crippen LogP contribution is -2.42. The van der Waals surface area contributed by atoms with Gasteiger partial charge in [0, 0.05) is 6.54 Å². The molecule has 114 valence electrons. The Labute approximate surface area is 123 Å². The maximum absolute atomic E-state index is 12.0. The molecule has 1 aromatic rings. The van der Waals surface area contributed by atoms with E-state index in [0.717, 1.165) is 5.56 Å². The van der Waals surface area contributed by atoms with Crippen molar-refractivity contribution in [3.8, 4) is 5.75 Å². The van der Waals surface area contributed by atoms with Crippen LogP contribution in [0.2, 0.25) is 0 Å². The number of ether oxygens (including phenoxy) is 2. The molecule has 0 saturated carbocycles. The van der Waals surface area contributed by atoms with Gasteiger partial charge in [-0.25, -0.2) is 0 Å². The number of hydrogen-bond donors (Lipinski definition) is 1. The molecule has 0 aromatic heterocycles. The van der Waals surface area contributed by atoms with E-state index in [0.29, 0.717) is 24.6 Å². The highest BCUT2D eigenvalue weighted by Gasteiger charge is 2.28. The second kappa shape index (κ2) is 6.58. The maximum atomic E-state index is 12.0. The van der Waals surface area contributed by atoms with Crippen molar-refractivity contribution in [3.05, 3.63) is 23.8 Å². The topological polar surface area (TPSA) is 81.9 Å². The first-order valence-corrected chi connectivity index (χ1v) is 6.93. The number of esters is 1. The summed E-state index contributed by atoms with van der Waals surface area (Å²) in [5.41, 5.74) is 7.07. The summed E-state index contributed by atoms with van der Waals surface area (Å²) in [5, 5.41) is 0. The number of benzene rings is 1. The van der Waals surface area contributed by atoms with Gasteiger partial charge in [-0.05, 0) is 23.6 Å². The molecule has 0 bridgehead atoms. The average Bonchev–Trinajstić information content (AvgIpc) is 2.47. The number of nitrogens with two attached hydrogens (primary N) is 1. The van der Waals surface area contributed by atoms with Gasteiger partial charge in [0.15, 0.2) is 6.61 Å². The van der Waals surface area contributed by atoms with Gasteiger partial charge in [0.1, 0.15) is 12.3 Å². The summed E-state index contributed by atoms with van der Waals surface area (Å²) in [6, 6.07) is 5.34. The normalized spacial score (nSPS) is 13.9. The van der Waals surface area contributed by atoms with Crippen molar-refractivity contribution in [1.29, 1.82) is 0 Å². The summed E-state index contributed by atoms with van der Waals surface area (Å²) in [6.45, 7) is 4.45. The molecule has 2 N–H and O–H groups in total. The predicted octanol–water partition coefficient (Wildman–Crippen LogP) is 1.07. The van der Waals surface area contributed by atoms with Gasteiger partial charge in [-0.15, -0.1) is 0 Å². The Morgan fingerprint density at radius 3 is 2.90 bits per heavy atom. The fraction of sp³-hybridized carbons (Fsp3) is 0.467. The summed E-state index contributed by atoms with van der Waals surface area (Å²) in [6.07, 6.45) is 0. The molecule has 0 unspecified atom stereocenters. The summed E-state index contributed by atoms with van der Waals surface area (Å²) in [7, 11) is 0. The summed E-state index contributed by atoms with van der Waals surface area (Å²) in [4.78, 5) is 25.2. The van der Waals surface area contributed by atoms with Gasteiger partial charge in [-0.3, -0.25) is 14.5 Å². The minimum absolute atomic E-state index is 0.0848. The number of carbonyl (C=O) groups is 2. The lowest BCUT2D eigenvalue weighted by Gasteiger charge is -2.29. The number of carbonyl (C=O) groups excluding carboxylic acids is 2. The third-order valence-corrected chi connectivity index (χ3v) is 3.07. The zero-order valence-electron chi connectivity index (χ0n) is 12.3. The van der Waals surface area contributed by atoms with E-state index in [2.05, 4.69) is 0 Å². The number of rotatable bonds is 5. The smallest absolute Gasteiger partial charge is 0.326 e. The number of fused-ring (bicyclic) bond motifs is 1. The summed E-state index contributed by atoms with van der Waals surface area (Å²) in [5.74, 6) is 0.139. The zero-order valence-corrected chi connectivity index (χ0v) is 12.3. The Hall–Kier alpha value is -2.08. The van der Waals surface area contributed by atoms with Crippen LogP contribution in [0.3, 0.4) is 0 Å². The van der Waals surface area contributed by atoms with Crippen molar-refractivity contribution in [1.82, 2.24) is 0 Å². The standard InChI is InChI=1S/C15H20N2O4/c1-10(2)8-21-15(19)7-17-12-4-3-11(6-16)5-13(12)20-9-14(17)18/h3-5,10H,6-9,16H2,1-2H3. The second-order valence-corrected chi connectivity index (χ2v) is 5.35. The van der Waals surface area contributed by atoms with Gasteiger partial charge in [-0.1, -0.05) is 19.9 Å². The van der Waals surface area contributed by atoms with Crippen molar-refractivity contribution in [3.63, 3.8) is 0 Å². The average molecular weight is 292 g/mol. The van der Waals surface area contributed by atoms with Crippen LogP contribution in [0.15, 0.2) is 18.2 Å². The van der Waals surface area contributed by atoms with E-state index in [-0.39, 0.29) is 25.0 Å². The van der Waals surface area contributed by atoms with Gasteiger partial charge in [0.05, 0.1) is 12.3 Å². The molecule has 6 nitrogen and oxygen atoms in total. The molecule has 21 heavy (non-hydrogen) atoms. The largest absolute Gasteiger partial charge is 0.482 e. The van der Waals surface area contributed by atoms with Crippen molar-refractivity contribution in [2.45, 2.75) is 20.4 Å². The zero-order chi connectivity index (χ0) is 15.4. The highest BCUT2D eigenvalue weighted by atomic mass is 16.5. The monoisotopic (exact) mass is 292 g/mol. The fourth-order valence-corrected chi connectivity index (χ4v) is 1.98. The molecule has 1 aromatic carbocycles. The van der Waals surface area contributed by atoms with Crippen molar-refractivity contribution >= 4 is 17.6 Å². The molecular weight excluding hydrogens is 272 g/mol. The second-order valence-electron chi connectivity index (χ2n) is 5.35. The first kappa shape index (κ1) is 15.3. The quantitative estimate of drug-likeness (QED) is 0.821. The molecule has 2 rings (SSSR count). The SMILES string of the molecule is CC(C)COC(=O)CN1C(=O)COc2cc(CN)ccc21. The van der Waals surface area contributed by atoms with Crippen molar-refractivity contribution < 1.29 is 19.1 Å². The van der Waals surface area contributed by atoms with Crippen molar-refractivity contribution in [2.24, 2.45) is 11.7 Å².